The van der Waals surface area contributed by atoms with Crippen molar-refractivity contribution in [1.29, 1.82) is 0 Å². The first-order chi connectivity index (χ1) is 8.63. The molecular formula is C12H14ClF2NO2. The molecule has 0 spiro atoms. The van der Waals surface area contributed by atoms with E-state index in [1.54, 1.807) is 0 Å². The minimum Gasteiger partial charge on any atom is -0.448 e. The molecule has 1 aromatic rings. The lowest BCUT2D eigenvalue weighted by molar-refractivity contribution is 0.153. The smallest absolute Gasteiger partial charge is 0.407 e. The van der Waals surface area contributed by atoms with Crippen LogP contribution in [0.4, 0.5) is 13.6 Å². The Bertz CT molecular complexity index is 402. The third-order valence-corrected chi connectivity index (χ3v) is 2.37. The van der Waals surface area contributed by atoms with Crippen LogP contribution in [0, 0.1) is 11.6 Å². The highest BCUT2D eigenvalue weighted by Gasteiger charge is 2.04. The molecule has 1 aromatic carbocycles. The first-order valence-corrected chi connectivity index (χ1v) is 6.07. The van der Waals surface area contributed by atoms with Gasteiger partial charge in [-0.25, -0.2) is 13.6 Å². The maximum atomic E-state index is 13.2. The Morgan fingerprint density at radius 2 is 2.17 bits per heavy atom. The molecule has 0 unspecified atom stereocenters. The normalized spacial score (nSPS) is 10.2. The highest BCUT2D eigenvalue weighted by molar-refractivity contribution is 6.18. The lowest BCUT2D eigenvalue weighted by Crippen LogP contribution is -2.26. The molecule has 0 fully saturated rings. The number of hydrogen-bond acceptors (Lipinski definition) is 2. The summed E-state index contributed by atoms with van der Waals surface area (Å²) in [6.45, 7) is 0.512. The number of benzene rings is 1. The summed E-state index contributed by atoms with van der Waals surface area (Å²) in [5.41, 5.74) is 0.423. The van der Waals surface area contributed by atoms with Crippen molar-refractivity contribution in [1.82, 2.24) is 5.32 Å². The van der Waals surface area contributed by atoms with E-state index in [1.165, 1.54) is 12.1 Å². The lowest BCUT2D eigenvalue weighted by atomic mass is 10.1. The van der Waals surface area contributed by atoms with Gasteiger partial charge in [-0.05, 0) is 24.5 Å². The van der Waals surface area contributed by atoms with Crippen LogP contribution in [0.15, 0.2) is 18.2 Å². The Hall–Kier alpha value is -1.36. The summed E-state index contributed by atoms with van der Waals surface area (Å²) < 4.78 is 30.5. The van der Waals surface area contributed by atoms with Crippen molar-refractivity contribution in [3.63, 3.8) is 0 Å². The number of carbonyl (C=O) groups is 1. The van der Waals surface area contributed by atoms with Crippen molar-refractivity contribution in [3.8, 4) is 0 Å². The number of amides is 1. The summed E-state index contributed by atoms with van der Waals surface area (Å²) in [5.74, 6) is -0.924. The van der Waals surface area contributed by atoms with E-state index in [-0.39, 0.29) is 12.5 Å². The van der Waals surface area contributed by atoms with Crippen molar-refractivity contribution in [2.24, 2.45) is 0 Å². The van der Waals surface area contributed by atoms with Gasteiger partial charge in [0.05, 0.1) is 5.88 Å². The first kappa shape index (κ1) is 14.7. The van der Waals surface area contributed by atoms with Crippen LogP contribution in [-0.2, 0) is 11.2 Å². The van der Waals surface area contributed by atoms with E-state index in [0.29, 0.717) is 24.9 Å². The van der Waals surface area contributed by atoms with Crippen molar-refractivity contribution < 1.29 is 18.3 Å². The van der Waals surface area contributed by atoms with Crippen LogP contribution in [0.2, 0.25) is 0 Å². The average Bonchev–Trinajstić information content (AvgIpc) is 2.34. The summed E-state index contributed by atoms with van der Waals surface area (Å²) in [6.07, 6.45) is 0.413. The summed E-state index contributed by atoms with van der Waals surface area (Å²) in [4.78, 5) is 11.0. The van der Waals surface area contributed by atoms with Crippen LogP contribution in [-0.4, -0.2) is 25.1 Å². The second-order valence-electron chi connectivity index (χ2n) is 3.59. The number of alkyl carbamates (subject to hydrolysis) is 1. The number of carbonyl (C=O) groups excluding carboxylic acids is 1. The summed E-state index contributed by atoms with van der Waals surface area (Å²) in [7, 11) is 0. The molecular weight excluding hydrogens is 264 g/mol. The fourth-order valence-electron chi connectivity index (χ4n) is 1.38. The molecule has 0 heterocycles. The van der Waals surface area contributed by atoms with E-state index < -0.39 is 17.7 Å². The van der Waals surface area contributed by atoms with Crippen LogP contribution in [0.25, 0.3) is 0 Å². The average molecular weight is 278 g/mol. The number of alkyl halides is 1. The van der Waals surface area contributed by atoms with Crippen LogP contribution < -0.4 is 5.32 Å². The minimum atomic E-state index is -0.598. The fraction of sp³-hybridized carbons (Fsp3) is 0.417. The predicted molar refractivity (Wildman–Crippen MR) is 64.7 cm³/mol. The minimum absolute atomic E-state index is 0.153. The third kappa shape index (κ3) is 5.31. The molecule has 100 valence electrons. The van der Waals surface area contributed by atoms with Crippen molar-refractivity contribution >= 4 is 17.7 Å². The molecule has 3 nitrogen and oxygen atoms in total. The molecule has 0 saturated carbocycles. The van der Waals surface area contributed by atoms with Gasteiger partial charge in [0.1, 0.15) is 18.2 Å². The van der Waals surface area contributed by atoms with Crippen LogP contribution in [0.1, 0.15) is 12.0 Å². The molecule has 1 N–H and O–H groups in total. The molecule has 6 heteroatoms. The maximum absolute atomic E-state index is 13.2. The van der Waals surface area contributed by atoms with Crippen molar-refractivity contribution in [2.75, 3.05) is 19.0 Å². The quantitative estimate of drug-likeness (QED) is 0.641. The van der Waals surface area contributed by atoms with E-state index in [4.69, 9.17) is 11.6 Å². The number of nitrogens with one attached hydrogen (secondary N) is 1. The summed E-state index contributed by atoms with van der Waals surface area (Å²) in [5, 5.41) is 2.50. The number of halogens is 3. The van der Waals surface area contributed by atoms with Crippen LogP contribution in [0.5, 0.6) is 0 Å². The summed E-state index contributed by atoms with van der Waals surface area (Å²) in [6, 6.07) is 3.45. The highest BCUT2D eigenvalue weighted by atomic mass is 35.5. The first-order valence-electron chi connectivity index (χ1n) is 5.54. The maximum Gasteiger partial charge on any atom is 0.407 e. The van der Waals surface area contributed by atoms with E-state index >= 15 is 0 Å². The van der Waals surface area contributed by atoms with Crippen LogP contribution in [0.3, 0.4) is 0 Å². The van der Waals surface area contributed by atoms with Gasteiger partial charge < -0.3 is 10.1 Å². The highest BCUT2D eigenvalue weighted by Crippen LogP contribution is 2.11. The van der Waals surface area contributed by atoms with Gasteiger partial charge in [0.25, 0.3) is 0 Å². The summed E-state index contributed by atoms with van der Waals surface area (Å²) >= 11 is 5.34. The van der Waals surface area contributed by atoms with E-state index in [2.05, 4.69) is 10.1 Å². The Kier molecular flexibility index (Phi) is 6.43. The van der Waals surface area contributed by atoms with Gasteiger partial charge in [0, 0.05) is 12.6 Å². The van der Waals surface area contributed by atoms with E-state index in [1.807, 2.05) is 0 Å². The molecule has 0 atom stereocenters. The largest absolute Gasteiger partial charge is 0.448 e. The molecule has 0 aromatic heterocycles. The van der Waals surface area contributed by atoms with Crippen molar-refractivity contribution in [3.05, 3.63) is 35.4 Å². The van der Waals surface area contributed by atoms with Crippen LogP contribution >= 0.6 is 11.6 Å². The van der Waals surface area contributed by atoms with E-state index in [0.717, 1.165) is 6.07 Å². The topological polar surface area (TPSA) is 38.3 Å². The van der Waals surface area contributed by atoms with Crippen molar-refractivity contribution in [2.45, 2.75) is 12.8 Å². The van der Waals surface area contributed by atoms with Gasteiger partial charge >= 0.3 is 6.09 Å². The number of aryl methyl sites for hydroxylation is 1. The fourth-order valence-corrected chi connectivity index (χ4v) is 1.45. The molecule has 0 radical (unpaired) electrons. The third-order valence-electron chi connectivity index (χ3n) is 2.22. The zero-order valence-corrected chi connectivity index (χ0v) is 10.5. The Morgan fingerprint density at radius 1 is 1.39 bits per heavy atom. The zero-order chi connectivity index (χ0) is 13.4. The Labute approximate surface area is 109 Å². The van der Waals surface area contributed by atoms with E-state index in [9.17, 15) is 13.6 Å². The standard InChI is InChI=1S/C12H14ClF2NO2/c13-5-7-18-12(17)16-6-1-2-9-3-4-10(14)8-11(9)15/h3-4,8H,1-2,5-7H2,(H,16,17). The van der Waals surface area contributed by atoms with Gasteiger partial charge in [-0.1, -0.05) is 6.07 Å². The lowest BCUT2D eigenvalue weighted by Gasteiger charge is -2.06. The number of ether oxygens (including phenoxy) is 1. The molecule has 0 aliphatic carbocycles. The van der Waals surface area contributed by atoms with Gasteiger partial charge in [0.15, 0.2) is 0 Å². The molecule has 0 aliphatic rings. The predicted octanol–water partition coefficient (Wildman–Crippen LogP) is 2.86. The molecule has 0 bridgehead atoms. The number of hydrogen-bond donors (Lipinski definition) is 1. The van der Waals surface area contributed by atoms with Gasteiger partial charge in [-0.3, -0.25) is 0 Å². The second-order valence-corrected chi connectivity index (χ2v) is 3.97. The van der Waals surface area contributed by atoms with Gasteiger partial charge in [-0.2, -0.15) is 0 Å². The number of rotatable bonds is 6. The SMILES string of the molecule is O=C(NCCCc1ccc(F)cc1F)OCCCl. The molecule has 1 amide bonds. The molecule has 1 rings (SSSR count). The molecule has 0 saturated heterocycles. The molecule has 0 aliphatic heterocycles. The Morgan fingerprint density at radius 3 is 2.83 bits per heavy atom. The second kappa shape index (κ2) is 7.87. The monoisotopic (exact) mass is 277 g/mol. The molecule has 18 heavy (non-hydrogen) atoms. The Balaban J connectivity index is 2.23. The zero-order valence-electron chi connectivity index (χ0n) is 9.72. The van der Waals surface area contributed by atoms with Gasteiger partial charge in [0.2, 0.25) is 0 Å². The van der Waals surface area contributed by atoms with Gasteiger partial charge in [-0.15, -0.1) is 11.6 Å².